The lowest BCUT2D eigenvalue weighted by molar-refractivity contribution is -0.130. The summed E-state index contributed by atoms with van der Waals surface area (Å²) in [7, 11) is 0. The van der Waals surface area contributed by atoms with E-state index in [-0.39, 0.29) is 19.6 Å². The average Bonchev–Trinajstić information content (AvgIpc) is 2.78. The lowest BCUT2D eigenvalue weighted by Crippen LogP contribution is -2.56. The maximum Gasteiger partial charge on any atom is 0.408 e. The molecule has 2 aromatic carbocycles. The van der Waals surface area contributed by atoms with E-state index in [2.05, 4.69) is 21.5 Å². The Balaban J connectivity index is 1.92. The van der Waals surface area contributed by atoms with E-state index in [4.69, 9.17) is 10.5 Å². The van der Waals surface area contributed by atoms with Gasteiger partial charge in [-0.1, -0.05) is 60.7 Å². The molecule has 32 heavy (non-hydrogen) atoms. The smallest absolute Gasteiger partial charge is 0.408 e. The largest absolute Gasteiger partial charge is 0.445 e. The molecule has 10 nitrogen and oxygen atoms in total. The number of nitrogens with one attached hydrogen (secondary N) is 4. The molecule has 4 amide bonds. The molecule has 0 aliphatic rings. The van der Waals surface area contributed by atoms with E-state index in [9.17, 15) is 19.2 Å². The molecule has 0 aliphatic heterocycles. The molecule has 0 aliphatic carbocycles. The van der Waals surface area contributed by atoms with Crippen LogP contribution in [0.3, 0.4) is 0 Å². The van der Waals surface area contributed by atoms with Crippen molar-refractivity contribution in [3.05, 3.63) is 71.8 Å². The van der Waals surface area contributed by atoms with Crippen LogP contribution >= 0.6 is 0 Å². The van der Waals surface area contributed by atoms with Crippen LogP contribution in [0.25, 0.3) is 0 Å². The fourth-order valence-corrected chi connectivity index (χ4v) is 2.67. The number of hydrogen-bond donors (Lipinski definition) is 5. The minimum absolute atomic E-state index is 0.0611. The molecular formula is C22H27N5O5. The van der Waals surface area contributed by atoms with Crippen molar-refractivity contribution in [2.24, 2.45) is 5.73 Å². The number of carbonyl (C=O) groups excluding carboxylic acids is 4. The predicted molar refractivity (Wildman–Crippen MR) is 117 cm³/mol. The van der Waals surface area contributed by atoms with Gasteiger partial charge in [-0.3, -0.25) is 19.8 Å². The zero-order valence-corrected chi connectivity index (χ0v) is 17.7. The van der Waals surface area contributed by atoms with Crippen LogP contribution < -0.4 is 27.2 Å². The average molecular weight is 441 g/mol. The molecule has 2 rings (SSSR count). The Morgan fingerprint density at radius 1 is 0.875 bits per heavy atom. The Morgan fingerprint density at radius 3 is 2.06 bits per heavy atom. The molecule has 2 atom stereocenters. The first-order chi connectivity index (χ1) is 15.3. The van der Waals surface area contributed by atoms with Crippen molar-refractivity contribution in [3.63, 3.8) is 0 Å². The SMILES string of the molecule is C[C@H](NC(=O)OCc1ccccc1)C(=O)N[C@@H](Cc1ccccc1)C(=O)NNCC(N)=O. The van der Waals surface area contributed by atoms with Crippen LogP contribution in [-0.4, -0.2) is 42.4 Å². The first-order valence-corrected chi connectivity index (χ1v) is 9.97. The molecule has 0 spiro atoms. The normalized spacial score (nSPS) is 12.2. The van der Waals surface area contributed by atoms with Crippen LogP contribution in [0.4, 0.5) is 4.79 Å². The van der Waals surface area contributed by atoms with Crippen LogP contribution in [0.2, 0.25) is 0 Å². The number of ether oxygens (including phenoxy) is 1. The molecule has 10 heteroatoms. The predicted octanol–water partition coefficient (Wildman–Crippen LogP) is 0.135. The van der Waals surface area contributed by atoms with Crippen molar-refractivity contribution >= 4 is 23.8 Å². The highest BCUT2D eigenvalue weighted by Gasteiger charge is 2.25. The van der Waals surface area contributed by atoms with Gasteiger partial charge in [0.1, 0.15) is 18.7 Å². The molecule has 0 saturated heterocycles. The third-order valence-electron chi connectivity index (χ3n) is 4.33. The Labute approximate surface area is 185 Å². The number of hydrogen-bond acceptors (Lipinski definition) is 6. The molecule has 0 radical (unpaired) electrons. The van der Waals surface area contributed by atoms with Crippen molar-refractivity contribution < 1.29 is 23.9 Å². The van der Waals surface area contributed by atoms with Gasteiger partial charge in [0, 0.05) is 6.42 Å². The van der Waals surface area contributed by atoms with Crippen molar-refractivity contribution in [2.75, 3.05) is 6.54 Å². The number of carbonyl (C=O) groups is 4. The van der Waals surface area contributed by atoms with Gasteiger partial charge in [0.05, 0.1) is 6.54 Å². The van der Waals surface area contributed by atoms with E-state index in [0.29, 0.717) is 0 Å². The Morgan fingerprint density at radius 2 is 1.47 bits per heavy atom. The molecule has 0 saturated carbocycles. The van der Waals surface area contributed by atoms with Gasteiger partial charge in [0.15, 0.2) is 0 Å². The van der Waals surface area contributed by atoms with Gasteiger partial charge in [-0.2, -0.15) is 0 Å². The summed E-state index contributed by atoms with van der Waals surface area (Å²) >= 11 is 0. The maximum absolute atomic E-state index is 12.6. The summed E-state index contributed by atoms with van der Waals surface area (Å²) in [5.41, 5.74) is 11.4. The van der Waals surface area contributed by atoms with Crippen molar-refractivity contribution in [1.82, 2.24) is 21.5 Å². The minimum Gasteiger partial charge on any atom is -0.445 e. The highest BCUT2D eigenvalue weighted by Crippen LogP contribution is 2.04. The molecule has 2 aromatic rings. The summed E-state index contributed by atoms with van der Waals surface area (Å²) in [6.45, 7) is 1.27. The number of amides is 4. The maximum atomic E-state index is 12.6. The Hall–Kier alpha value is -3.92. The highest BCUT2D eigenvalue weighted by molar-refractivity contribution is 5.91. The highest BCUT2D eigenvalue weighted by atomic mass is 16.5. The third-order valence-corrected chi connectivity index (χ3v) is 4.33. The van der Waals surface area contributed by atoms with E-state index in [1.807, 2.05) is 60.7 Å². The monoisotopic (exact) mass is 441 g/mol. The van der Waals surface area contributed by atoms with E-state index in [0.717, 1.165) is 11.1 Å². The summed E-state index contributed by atoms with van der Waals surface area (Å²) in [5.74, 6) is -1.80. The van der Waals surface area contributed by atoms with Crippen molar-refractivity contribution in [3.8, 4) is 0 Å². The van der Waals surface area contributed by atoms with Gasteiger partial charge in [0.2, 0.25) is 11.8 Å². The second-order valence-electron chi connectivity index (χ2n) is 6.99. The summed E-state index contributed by atoms with van der Waals surface area (Å²) in [6, 6.07) is 16.3. The summed E-state index contributed by atoms with van der Waals surface area (Å²) in [4.78, 5) is 47.9. The fourth-order valence-electron chi connectivity index (χ4n) is 2.67. The van der Waals surface area contributed by atoms with Gasteiger partial charge < -0.3 is 21.1 Å². The molecule has 0 bridgehead atoms. The van der Waals surface area contributed by atoms with E-state index < -0.39 is 35.9 Å². The van der Waals surface area contributed by atoms with Gasteiger partial charge in [-0.25, -0.2) is 10.2 Å². The number of rotatable bonds is 11. The fraction of sp³-hybridized carbons (Fsp3) is 0.273. The van der Waals surface area contributed by atoms with Crippen LogP contribution in [0.1, 0.15) is 18.1 Å². The molecule has 0 fully saturated rings. The van der Waals surface area contributed by atoms with Gasteiger partial charge in [-0.05, 0) is 18.1 Å². The number of alkyl carbamates (subject to hydrolysis) is 1. The van der Waals surface area contributed by atoms with Crippen LogP contribution in [0.15, 0.2) is 60.7 Å². The third kappa shape index (κ3) is 8.84. The first-order valence-electron chi connectivity index (χ1n) is 9.97. The minimum atomic E-state index is -0.963. The van der Waals surface area contributed by atoms with Crippen LogP contribution in [0.5, 0.6) is 0 Å². The van der Waals surface area contributed by atoms with Crippen LogP contribution in [-0.2, 0) is 32.1 Å². The molecule has 170 valence electrons. The number of hydrazine groups is 1. The Kier molecular flexibility index (Phi) is 9.67. The lowest BCUT2D eigenvalue weighted by atomic mass is 10.1. The molecule has 0 heterocycles. The summed E-state index contributed by atoms with van der Waals surface area (Å²) < 4.78 is 5.11. The zero-order valence-electron chi connectivity index (χ0n) is 17.7. The van der Waals surface area contributed by atoms with Crippen molar-refractivity contribution in [1.29, 1.82) is 0 Å². The van der Waals surface area contributed by atoms with E-state index in [1.165, 1.54) is 6.92 Å². The summed E-state index contributed by atoms with van der Waals surface area (Å²) in [5, 5.41) is 5.04. The first kappa shape index (κ1) is 24.4. The van der Waals surface area contributed by atoms with Crippen LogP contribution in [0, 0.1) is 0 Å². The van der Waals surface area contributed by atoms with Gasteiger partial charge >= 0.3 is 6.09 Å². The number of benzene rings is 2. The molecule has 6 N–H and O–H groups in total. The van der Waals surface area contributed by atoms with E-state index in [1.54, 1.807) is 0 Å². The lowest BCUT2D eigenvalue weighted by Gasteiger charge is -2.21. The van der Waals surface area contributed by atoms with Crippen molar-refractivity contribution in [2.45, 2.75) is 32.0 Å². The Bertz CT molecular complexity index is 907. The summed E-state index contributed by atoms with van der Waals surface area (Å²) in [6.07, 6.45) is -0.564. The van der Waals surface area contributed by atoms with E-state index >= 15 is 0 Å². The zero-order chi connectivity index (χ0) is 23.3. The molecular weight excluding hydrogens is 414 g/mol. The molecule has 0 aromatic heterocycles. The number of primary amides is 1. The van der Waals surface area contributed by atoms with Gasteiger partial charge in [-0.15, -0.1) is 0 Å². The standard InChI is InChI=1S/C22H27N5O5/c1-15(25-22(31)32-14-17-10-6-3-7-11-17)20(29)26-18(12-16-8-4-2-5-9-16)21(30)27-24-13-19(23)28/h2-11,15,18,24H,12-14H2,1H3,(H2,23,28)(H,25,31)(H,26,29)(H,27,30)/t15-,18-/m0/s1. The number of nitrogens with two attached hydrogens (primary N) is 1. The second-order valence-corrected chi connectivity index (χ2v) is 6.99. The second kappa shape index (κ2) is 12.7. The topological polar surface area (TPSA) is 152 Å². The molecule has 0 unspecified atom stereocenters. The van der Waals surface area contributed by atoms with Gasteiger partial charge in [0.25, 0.3) is 5.91 Å². The quantitative estimate of drug-likeness (QED) is 0.313.